The summed E-state index contributed by atoms with van der Waals surface area (Å²) in [5.41, 5.74) is 7.89. The fourth-order valence-electron chi connectivity index (χ4n) is 5.47. The Labute approximate surface area is 255 Å². The number of amides is 1. The summed E-state index contributed by atoms with van der Waals surface area (Å²) in [6.45, 7) is 11.0. The van der Waals surface area contributed by atoms with Gasteiger partial charge in [-0.3, -0.25) is 20.1 Å². The molecule has 2 aromatic carbocycles. The highest BCUT2D eigenvalue weighted by Crippen LogP contribution is 2.48. The minimum absolute atomic E-state index is 0.0430. The zero-order valence-electron chi connectivity index (χ0n) is 25.5. The van der Waals surface area contributed by atoms with Gasteiger partial charge >= 0.3 is 0 Å². The highest BCUT2D eigenvalue weighted by molar-refractivity contribution is 6.02. The monoisotopic (exact) mass is 592 g/mol. The molecule has 2 aliphatic heterocycles. The third-order valence-electron chi connectivity index (χ3n) is 8.04. The molecule has 1 unspecified atom stereocenters. The van der Waals surface area contributed by atoms with Crippen molar-refractivity contribution in [3.63, 3.8) is 0 Å². The van der Waals surface area contributed by atoms with Gasteiger partial charge in [0, 0.05) is 51.5 Å². The number of piperazine rings is 1. The first kappa shape index (κ1) is 31.0. The first-order valence-electron chi connectivity index (χ1n) is 15.7. The molecular weight excluding hydrogens is 547 g/mol. The summed E-state index contributed by atoms with van der Waals surface area (Å²) >= 11 is 0. The van der Waals surface area contributed by atoms with E-state index in [4.69, 9.17) is 14.2 Å². The van der Waals surface area contributed by atoms with Crippen molar-refractivity contribution in [1.82, 2.24) is 9.80 Å². The zero-order chi connectivity index (χ0) is 30.0. The fraction of sp³-hybridized carbons (Fsp3) is 0.500. The number of hydrogen-bond acceptors (Lipinski definition) is 7. The zero-order valence-corrected chi connectivity index (χ0v) is 25.5. The van der Waals surface area contributed by atoms with Crippen molar-refractivity contribution in [3.05, 3.63) is 71.6 Å². The molecule has 9 heteroatoms. The van der Waals surface area contributed by atoms with Crippen LogP contribution in [0.25, 0.3) is 0 Å². The molecule has 0 aromatic heterocycles. The third kappa shape index (κ3) is 8.81. The summed E-state index contributed by atoms with van der Waals surface area (Å²) in [6, 6.07) is 13.8. The number of nitrogens with one attached hydrogen (secondary N) is 1. The van der Waals surface area contributed by atoms with Crippen molar-refractivity contribution >= 4 is 23.0 Å². The molecule has 0 spiro atoms. The number of fused-ring (bicyclic) bond motifs is 1. The lowest BCUT2D eigenvalue weighted by Crippen LogP contribution is -2.49. The molecule has 1 N–H and O–H groups in total. The van der Waals surface area contributed by atoms with Crippen LogP contribution in [-0.2, 0) is 9.47 Å². The predicted molar refractivity (Wildman–Crippen MR) is 169 cm³/mol. The van der Waals surface area contributed by atoms with E-state index in [1.165, 1.54) is 0 Å². The van der Waals surface area contributed by atoms with E-state index >= 15 is 0 Å². The van der Waals surface area contributed by atoms with Crippen LogP contribution in [0.5, 0.6) is 5.75 Å². The Bertz CT molecular complexity index is 1270. The smallest absolute Gasteiger partial charge is 0.254 e. The van der Waals surface area contributed by atoms with Crippen LogP contribution >= 0.6 is 0 Å². The van der Waals surface area contributed by atoms with E-state index in [-0.39, 0.29) is 11.7 Å². The van der Waals surface area contributed by atoms with E-state index in [1.807, 2.05) is 65.4 Å². The van der Waals surface area contributed by atoms with E-state index in [2.05, 4.69) is 17.2 Å². The summed E-state index contributed by atoms with van der Waals surface area (Å²) in [7, 11) is 0. The lowest BCUT2D eigenvalue weighted by Gasteiger charge is -2.35. The SMILES string of the molecule is CCOCCOCCCCCOc1ccc(NN2c3ccc(C(=O)N4CCN(CC5=CC(C)CC=C5F)CC4)cc32)cc1. The Morgan fingerprint density at radius 2 is 1.70 bits per heavy atom. The number of carbonyl (C=O) groups excluding carboxylic acids is 1. The number of unbranched alkanes of at least 4 members (excludes halogenated alkanes) is 2. The number of rotatable bonds is 16. The van der Waals surface area contributed by atoms with E-state index in [1.54, 1.807) is 6.08 Å². The largest absolute Gasteiger partial charge is 0.494 e. The van der Waals surface area contributed by atoms with Crippen LogP contribution in [0.1, 0.15) is 49.9 Å². The quantitative estimate of drug-likeness (QED) is 0.180. The van der Waals surface area contributed by atoms with Crippen molar-refractivity contribution in [3.8, 4) is 5.75 Å². The number of ether oxygens (including phenoxy) is 3. The Balaban J connectivity index is 1.00. The Hall–Kier alpha value is -3.40. The molecule has 1 fully saturated rings. The molecule has 1 saturated heterocycles. The Kier molecular flexibility index (Phi) is 11.1. The Morgan fingerprint density at radius 1 is 0.930 bits per heavy atom. The molecule has 0 bridgehead atoms. The van der Waals surface area contributed by atoms with Gasteiger partial charge in [-0.2, -0.15) is 0 Å². The molecule has 1 atom stereocenters. The van der Waals surface area contributed by atoms with Gasteiger partial charge in [0.25, 0.3) is 5.91 Å². The average Bonchev–Trinajstić information content (AvgIpc) is 3.72. The second-order valence-corrected chi connectivity index (χ2v) is 11.4. The van der Waals surface area contributed by atoms with Crippen molar-refractivity contribution < 1.29 is 23.4 Å². The number of allylic oxidation sites excluding steroid dienone is 2. The molecule has 8 nitrogen and oxygen atoms in total. The maximum atomic E-state index is 14.2. The molecule has 3 aliphatic rings. The van der Waals surface area contributed by atoms with Gasteiger partial charge in [-0.05, 0) is 92.6 Å². The van der Waals surface area contributed by atoms with Gasteiger partial charge in [0.15, 0.2) is 0 Å². The second-order valence-electron chi connectivity index (χ2n) is 11.4. The molecule has 1 amide bonds. The van der Waals surface area contributed by atoms with Crippen LogP contribution in [0.2, 0.25) is 0 Å². The topological polar surface area (TPSA) is 66.3 Å². The molecule has 0 saturated carbocycles. The van der Waals surface area contributed by atoms with Crippen molar-refractivity contribution in [2.45, 2.75) is 39.5 Å². The number of nitrogens with zero attached hydrogens (tertiary/aromatic N) is 3. The van der Waals surface area contributed by atoms with Crippen LogP contribution in [0.15, 0.2) is 66.0 Å². The van der Waals surface area contributed by atoms with Gasteiger partial charge in [0.2, 0.25) is 0 Å². The van der Waals surface area contributed by atoms with E-state index in [0.29, 0.717) is 50.9 Å². The first-order chi connectivity index (χ1) is 21.0. The van der Waals surface area contributed by atoms with Gasteiger partial charge in [-0.15, -0.1) is 0 Å². The highest BCUT2D eigenvalue weighted by Gasteiger charge is 2.32. The number of benzene rings is 2. The second kappa shape index (κ2) is 15.4. The number of hydrogen-bond donors (Lipinski definition) is 1. The average molecular weight is 593 g/mol. The van der Waals surface area contributed by atoms with Gasteiger partial charge < -0.3 is 19.1 Å². The predicted octanol–water partition coefficient (Wildman–Crippen LogP) is 6.34. The molecule has 232 valence electrons. The standard InChI is InChI=1S/C34H45FN4O4/c1-3-41-21-22-42-19-5-4-6-20-43-30-11-9-29(10-12-30)36-39-32-14-8-27(24-33(32)39)34(40)38-17-15-37(16-18-38)25-28-23-26(2)7-13-31(28)35/h8-14,23-24,26,36H,3-7,15-22,25H2,1-2H3. The number of carbonyl (C=O) groups is 1. The minimum Gasteiger partial charge on any atom is -0.494 e. The molecule has 2 heterocycles. The molecular formula is C34H45FN4O4. The molecule has 43 heavy (non-hydrogen) atoms. The molecule has 1 aliphatic carbocycles. The number of anilines is 3. The van der Waals surface area contributed by atoms with Crippen LogP contribution in [0.3, 0.4) is 0 Å². The van der Waals surface area contributed by atoms with E-state index in [9.17, 15) is 9.18 Å². The lowest BCUT2D eigenvalue weighted by molar-refractivity contribution is 0.0510. The minimum atomic E-state index is -0.0947. The fourth-order valence-corrected chi connectivity index (χ4v) is 5.47. The summed E-state index contributed by atoms with van der Waals surface area (Å²) in [6.07, 6.45) is 7.58. The summed E-state index contributed by atoms with van der Waals surface area (Å²) in [4.78, 5) is 17.4. The normalized spacial score (nSPS) is 18.2. The van der Waals surface area contributed by atoms with Gasteiger partial charge in [-0.25, -0.2) is 4.39 Å². The first-order valence-corrected chi connectivity index (χ1v) is 15.7. The number of hydrazine groups is 1. The van der Waals surface area contributed by atoms with Crippen LogP contribution in [0.4, 0.5) is 21.5 Å². The summed E-state index contributed by atoms with van der Waals surface area (Å²) < 4.78 is 30.9. The summed E-state index contributed by atoms with van der Waals surface area (Å²) in [5, 5.41) is 1.99. The maximum absolute atomic E-state index is 14.2. The number of halogens is 1. The van der Waals surface area contributed by atoms with E-state index in [0.717, 1.165) is 80.4 Å². The molecule has 0 radical (unpaired) electrons. The van der Waals surface area contributed by atoms with Crippen LogP contribution in [0, 0.1) is 5.92 Å². The maximum Gasteiger partial charge on any atom is 0.254 e. The van der Waals surface area contributed by atoms with Crippen molar-refractivity contribution in [2.75, 3.05) is 76.2 Å². The van der Waals surface area contributed by atoms with Gasteiger partial charge in [0.1, 0.15) is 11.6 Å². The van der Waals surface area contributed by atoms with Gasteiger partial charge in [0.05, 0.1) is 36.9 Å². The lowest BCUT2D eigenvalue weighted by atomic mass is 9.96. The van der Waals surface area contributed by atoms with Crippen LogP contribution < -0.4 is 15.2 Å². The van der Waals surface area contributed by atoms with Crippen molar-refractivity contribution in [2.24, 2.45) is 5.92 Å². The van der Waals surface area contributed by atoms with Crippen LogP contribution in [-0.4, -0.2) is 81.5 Å². The summed E-state index contributed by atoms with van der Waals surface area (Å²) in [5.74, 6) is 1.17. The van der Waals surface area contributed by atoms with Gasteiger partial charge in [-0.1, -0.05) is 13.0 Å². The molecule has 5 rings (SSSR count). The van der Waals surface area contributed by atoms with E-state index < -0.39 is 0 Å². The van der Waals surface area contributed by atoms with Crippen molar-refractivity contribution in [1.29, 1.82) is 0 Å². The molecule has 2 aromatic rings. The third-order valence-corrected chi connectivity index (χ3v) is 8.04. The Morgan fingerprint density at radius 3 is 2.49 bits per heavy atom. The highest BCUT2D eigenvalue weighted by atomic mass is 19.1.